The first kappa shape index (κ1) is 15.3. The predicted molar refractivity (Wildman–Crippen MR) is 82.5 cm³/mol. The Morgan fingerprint density at radius 1 is 1.26 bits per heavy atom. The third-order valence-corrected chi connectivity index (χ3v) is 3.77. The Morgan fingerprint density at radius 3 is 2.65 bits per heavy atom. The Morgan fingerprint density at radius 2 is 2.00 bits per heavy atom. The molecule has 8 nitrogen and oxygen atoms in total. The maximum Gasteiger partial charge on any atom is 0.245 e. The molecule has 0 atom stereocenters. The Kier molecular flexibility index (Phi) is 4.47. The Labute approximate surface area is 132 Å². The number of rotatable bonds is 4. The first-order valence-electron chi connectivity index (χ1n) is 7.37. The number of carbonyl (C=O) groups is 1. The van der Waals surface area contributed by atoms with E-state index in [1.165, 1.54) is 6.07 Å². The minimum atomic E-state index is -0.430. The van der Waals surface area contributed by atoms with Crippen LogP contribution in [0, 0.1) is 5.82 Å². The number of carbonyl (C=O) groups excluding carboxylic acids is 1. The lowest BCUT2D eigenvalue weighted by atomic mass is 10.3. The molecule has 1 N–H and O–H groups in total. The number of tetrazole rings is 1. The molecular weight excluding hydrogens is 301 g/mol. The molecule has 0 bridgehead atoms. The molecule has 1 saturated heterocycles. The lowest BCUT2D eigenvalue weighted by Gasteiger charge is -2.34. The van der Waals surface area contributed by atoms with E-state index in [0.717, 1.165) is 32.1 Å². The summed E-state index contributed by atoms with van der Waals surface area (Å²) in [5.41, 5.74) is 0.210. The summed E-state index contributed by atoms with van der Waals surface area (Å²) in [7, 11) is 1.80. The van der Waals surface area contributed by atoms with Crippen molar-refractivity contribution in [1.82, 2.24) is 25.1 Å². The highest BCUT2D eigenvalue weighted by molar-refractivity contribution is 5.92. The molecule has 1 aliphatic rings. The van der Waals surface area contributed by atoms with Crippen LogP contribution in [0.1, 0.15) is 0 Å². The molecule has 0 unspecified atom stereocenters. The largest absolute Gasteiger partial charge is 0.337 e. The van der Waals surface area contributed by atoms with E-state index in [9.17, 15) is 9.18 Å². The number of nitrogens with one attached hydrogen (secondary N) is 1. The van der Waals surface area contributed by atoms with Crippen molar-refractivity contribution in [3.8, 4) is 0 Å². The Hall–Kier alpha value is -2.55. The van der Waals surface area contributed by atoms with Crippen LogP contribution in [0.5, 0.6) is 0 Å². The van der Waals surface area contributed by atoms with E-state index in [2.05, 4.69) is 25.7 Å². The molecule has 1 aliphatic heterocycles. The van der Waals surface area contributed by atoms with Gasteiger partial charge in [-0.3, -0.25) is 9.69 Å². The van der Waals surface area contributed by atoms with Crippen molar-refractivity contribution in [2.45, 2.75) is 0 Å². The van der Waals surface area contributed by atoms with Crippen molar-refractivity contribution in [2.75, 3.05) is 42.9 Å². The minimum Gasteiger partial charge on any atom is -0.337 e. The van der Waals surface area contributed by atoms with Gasteiger partial charge in [-0.05, 0) is 22.6 Å². The molecule has 1 aromatic carbocycles. The summed E-state index contributed by atoms with van der Waals surface area (Å²) >= 11 is 0. The number of halogens is 1. The van der Waals surface area contributed by atoms with Crippen molar-refractivity contribution in [3.63, 3.8) is 0 Å². The van der Waals surface area contributed by atoms with Gasteiger partial charge in [-0.15, -0.1) is 0 Å². The van der Waals surface area contributed by atoms with Gasteiger partial charge in [0.2, 0.25) is 11.9 Å². The molecule has 0 radical (unpaired) electrons. The topological polar surface area (TPSA) is 79.2 Å². The molecule has 0 saturated carbocycles. The monoisotopic (exact) mass is 319 g/mol. The van der Waals surface area contributed by atoms with Gasteiger partial charge in [0.05, 0.1) is 12.2 Å². The van der Waals surface area contributed by atoms with Gasteiger partial charge in [-0.2, -0.15) is 0 Å². The van der Waals surface area contributed by atoms with Crippen molar-refractivity contribution >= 4 is 17.5 Å². The van der Waals surface area contributed by atoms with Gasteiger partial charge in [0, 0.05) is 33.2 Å². The zero-order valence-corrected chi connectivity index (χ0v) is 12.8. The van der Waals surface area contributed by atoms with Gasteiger partial charge in [0.15, 0.2) is 0 Å². The predicted octanol–water partition coefficient (Wildman–Crippen LogP) is 0.110. The van der Waals surface area contributed by atoms with Crippen molar-refractivity contribution in [2.24, 2.45) is 7.05 Å². The highest BCUT2D eigenvalue weighted by Crippen LogP contribution is 2.13. The third-order valence-electron chi connectivity index (χ3n) is 3.77. The van der Waals surface area contributed by atoms with Crippen LogP contribution in [0.25, 0.3) is 0 Å². The molecule has 23 heavy (non-hydrogen) atoms. The zero-order chi connectivity index (χ0) is 16.2. The van der Waals surface area contributed by atoms with Gasteiger partial charge in [-0.1, -0.05) is 17.2 Å². The first-order chi connectivity index (χ1) is 11.1. The van der Waals surface area contributed by atoms with E-state index in [-0.39, 0.29) is 18.1 Å². The molecule has 122 valence electrons. The molecule has 2 aromatic rings. The van der Waals surface area contributed by atoms with E-state index in [4.69, 9.17) is 0 Å². The van der Waals surface area contributed by atoms with E-state index < -0.39 is 5.82 Å². The van der Waals surface area contributed by atoms with Crippen molar-refractivity contribution in [1.29, 1.82) is 0 Å². The maximum atomic E-state index is 13.5. The molecule has 3 rings (SSSR count). The lowest BCUT2D eigenvalue weighted by molar-refractivity contribution is -0.117. The fourth-order valence-electron chi connectivity index (χ4n) is 2.55. The number of amides is 1. The van der Waals surface area contributed by atoms with Gasteiger partial charge in [0.1, 0.15) is 5.82 Å². The second-order valence-electron chi connectivity index (χ2n) is 5.39. The van der Waals surface area contributed by atoms with Gasteiger partial charge >= 0.3 is 0 Å². The third kappa shape index (κ3) is 3.62. The quantitative estimate of drug-likeness (QED) is 0.862. The lowest BCUT2D eigenvalue weighted by Crippen LogP contribution is -2.49. The zero-order valence-electron chi connectivity index (χ0n) is 12.8. The molecule has 1 fully saturated rings. The fraction of sp³-hybridized carbons (Fsp3) is 0.429. The summed E-state index contributed by atoms with van der Waals surface area (Å²) in [4.78, 5) is 16.1. The second-order valence-corrected chi connectivity index (χ2v) is 5.39. The average Bonchev–Trinajstić information content (AvgIpc) is 2.96. The Balaban J connectivity index is 1.50. The number of aryl methyl sites for hydroxylation is 1. The summed E-state index contributed by atoms with van der Waals surface area (Å²) < 4.78 is 15.1. The minimum absolute atomic E-state index is 0.210. The summed E-state index contributed by atoms with van der Waals surface area (Å²) in [6.45, 7) is 3.15. The van der Waals surface area contributed by atoms with Crippen LogP contribution < -0.4 is 10.2 Å². The summed E-state index contributed by atoms with van der Waals surface area (Å²) in [6, 6.07) is 6.15. The highest BCUT2D eigenvalue weighted by Gasteiger charge is 2.22. The normalized spacial score (nSPS) is 15.7. The van der Waals surface area contributed by atoms with E-state index >= 15 is 0 Å². The number of benzene rings is 1. The van der Waals surface area contributed by atoms with E-state index in [0.29, 0.717) is 0 Å². The Bertz CT molecular complexity index is 681. The number of aromatic nitrogens is 4. The molecule has 1 amide bonds. The summed E-state index contributed by atoms with van der Waals surface area (Å²) in [6.07, 6.45) is 0. The standard InChI is InChI=1S/C14H18FN7O/c1-20-14(17-18-19-20)22-8-6-21(7-9-22)10-13(23)16-12-5-3-2-4-11(12)15/h2-5H,6-10H2,1H3,(H,16,23). The number of piperazine rings is 1. The van der Waals surface area contributed by atoms with Gasteiger partial charge < -0.3 is 10.2 Å². The molecule has 0 aliphatic carbocycles. The SMILES string of the molecule is Cn1nnnc1N1CCN(CC(=O)Nc2ccccc2F)CC1. The average molecular weight is 319 g/mol. The molecule has 1 aromatic heterocycles. The summed E-state index contributed by atoms with van der Waals surface area (Å²) in [5.74, 6) is 0.0739. The number of hydrogen-bond donors (Lipinski definition) is 1. The number of para-hydroxylation sites is 1. The second kappa shape index (κ2) is 6.69. The van der Waals surface area contributed by atoms with E-state index in [1.54, 1.807) is 29.9 Å². The number of nitrogens with zero attached hydrogens (tertiary/aromatic N) is 6. The van der Waals surface area contributed by atoms with Crippen LogP contribution in [0.15, 0.2) is 24.3 Å². The van der Waals surface area contributed by atoms with Gasteiger partial charge in [-0.25, -0.2) is 9.07 Å². The molecular formula is C14H18FN7O. The molecule has 2 heterocycles. The summed E-state index contributed by atoms with van der Waals surface area (Å²) in [5, 5.41) is 14.0. The van der Waals surface area contributed by atoms with Crippen molar-refractivity contribution in [3.05, 3.63) is 30.1 Å². The van der Waals surface area contributed by atoms with Crippen LogP contribution in [-0.4, -0.2) is 63.7 Å². The van der Waals surface area contributed by atoms with Crippen LogP contribution in [-0.2, 0) is 11.8 Å². The van der Waals surface area contributed by atoms with Crippen LogP contribution in [0.3, 0.4) is 0 Å². The first-order valence-corrected chi connectivity index (χ1v) is 7.37. The number of hydrogen-bond acceptors (Lipinski definition) is 6. The highest BCUT2D eigenvalue weighted by atomic mass is 19.1. The van der Waals surface area contributed by atoms with Gasteiger partial charge in [0.25, 0.3) is 0 Å². The maximum absolute atomic E-state index is 13.5. The van der Waals surface area contributed by atoms with E-state index in [1.807, 2.05) is 4.90 Å². The van der Waals surface area contributed by atoms with Crippen LogP contribution in [0.4, 0.5) is 16.0 Å². The fourth-order valence-corrected chi connectivity index (χ4v) is 2.55. The van der Waals surface area contributed by atoms with Crippen LogP contribution >= 0.6 is 0 Å². The molecule has 0 spiro atoms. The van der Waals surface area contributed by atoms with Crippen LogP contribution in [0.2, 0.25) is 0 Å². The molecule has 9 heteroatoms. The van der Waals surface area contributed by atoms with Crippen molar-refractivity contribution < 1.29 is 9.18 Å². The smallest absolute Gasteiger partial charge is 0.245 e. The number of anilines is 2.